The number of hydrogen-bond donors (Lipinski definition) is 1. The van der Waals surface area contributed by atoms with E-state index in [2.05, 4.69) is 0 Å². The fourth-order valence-corrected chi connectivity index (χ4v) is 2.09. The molecule has 0 aromatic rings. The molecule has 2 N–H and O–H groups in total. The van der Waals surface area contributed by atoms with Crippen LogP contribution in [0.2, 0.25) is 0 Å². The summed E-state index contributed by atoms with van der Waals surface area (Å²) in [6.45, 7) is 3.46. The molecular formula is C11H21ClF3N3O. The first-order valence-corrected chi connectivity index (χ1v) is 6.03. The number of nitrogens with zero attached hydrogens (tertiary/aromatic N) is 2. The minimum absolute atomic E-state index is 0. The van der Waals surface area contributed by atoms with Crippen LogP contribution in [-0.2, 0) is 4.79 Å². The maximum absolute atomic E-state index is 12.3. The summed E-state index contributed by atoms with van der Waals surface area (Å²) in [6, 6.07) is -0.501. The second kappa shape index (κ2) is 7.31. The molecule has 1 aliphatic heterocycles. The van der Waals surface area contributed by atoms with Crippen LogP contribution < -0.4 is 5.73 Å². The molecule has 1 saturated heterocycles. The summed E-state index contributed by atoms with van der Waals surface area (Å²) in [6.07, 6.45) is -3.95. The second-order valence-electron chi connectivity index (χ2n) is 4.96. The largest absolute Gasteiger partial charge is 0.401 e. The summed E-state index contributed by atoms with van der Waals surface area (Å²) in [5.41, 5.74) is 5.54. The molecule has 8 heteroatoms. The molecule has 1 amide bonds. The highest BCUT2D eigenvalue weighted by molar-refractivity contribution is 5.85. The van der Waals surface area contributed by atoms with Crippen LogP contribution >= 0.6 is 12.4 Å². The first-order chi connectivity index (χ1) is 8.19. The van der Waals surface area contributed by atoms with Crippen molar-refractivity contribution in [3.63, 3.8) is 0 Å². The molecule has 1 heterocycles. The fraction of sp³-hybridized carbons (Fsp3) is 0.909. The number of nitrogens with two attached hydrogens (primary N) is 1. The number of carbonyl (C=O) groups excluding carboxylic acids is 1. The molecule has 0 saturated carbocycles. The van der Waals surface area contributed by atoms with E-state index in [1.165, 1.54) is 4.90 Å². The summed E-state index contributed by atoms with van der Waals surface area (Å²) in [4.78, 5) is 14.7. The van der Waals surface area contributed by atoms with Gasteiger partial charge in [0.2, 0.25) is 5.91 Å². The van der Waals surface area contributed by atoms with Crippen molar-refractivity contribution in [3.05, 3.63) is 0 Å². The van der Waals surface area contributed by atoms with E-state index in [9.17, 15) is 18.0 Å². The van der Waals surface area contributed by atoms with E-state index in [-0.39, 0.29) is 43.4 Å². The van der Waals surface area contributed by atoms with Gasteiger partial charge < -0.3 is 10.6 Å². The monoisotopic (exact) mass is 303 g/mol. The molecule has 0 aromatic heterocycles. The number of carbonyl (C=O) groups is 1. The first kappa shape index (κ1) is 18.5. The Morgan fingerprint density at radius 1 is 1.42 bits per heavy atom. The van der Waals surface area contributed by atoms with E-state index in [0.717, 1.165) is 0 Å². The smallest absolute Gasteiger partial charge is 0.340 e. The van der Waals surface area contributed by atoms with Crippen LogP contribution in [0.25, 0.3) is 0 Å². The van der Waals surface area contributed by atoms with Gasteiger partial charge in [0.1, 0.15) is 0 Å². The Balaban J connectivity index is 0.00000324. The molecule has 19 heavy (non-hydrogen) atoms. The molecule has 114 valence electrons. The normalized spacial score (nSPS) is 22.8. The summed E-state index contributed by atoms with van der Waals surface area (Å²) in [5.74, 6) is -0.0801. The fourth-order valence-electron chi connectivity index (χ4n) is 2.09. The van der Waals surface area contributed by atoms with Crippen molar-refractivity contribution in [1.29, 1.82) is 0 Å². The van der Waals surface area contributed by atoms with E-state index < -0.39 is 12.7 Å². The Kier molecular flexibility index (Phi) is 7.10. The van der Waals surface area contributed by atoms with Gasteiger partial charge in [0, 0.05) is 38.1 Å². The lowest BCUT2D eigenvalue weighted by atomic mass is 10.1. The van der Waals surface area contributed by atoms with Crippen LogP contribution in [0.5, 0.6) is 0 Å². The Bertz CT molecular complexity index is 299. The predicted octanol–water partition coefficient (Wildman–Crippen LogP) is 1.24. The quantitative estimate of drug-likeness (QED) is 0.853. The number of rotatable bonds is 3. The molecule has 0 aliphatic carbocycles. The molecule has 0 spiro atoms. The predicted molar refractivity (Wildman–Crippen MR) is 69.2 cm³/mol. The summed E-state index contributed by atoms with van der Waals surface area (Å²) < 4.78 is 36.9. The summed E-state index contributed by atoms with van der Waals surface area (Å²) in [5, 5.41) is 0. The van der Waals surface area contributed by atoms with Crippen molar-refractivity contribution in [2.24, 2.45) is 5.73 Å². The van der Waals surface area contributed by atoms with E-state index >= 15 is 0 Å². The lowest BCUT2D eigenvalue weighted by molar-refractivity contribution is -0.157. The SMILES string of the molecule is CC(N)CC(=O)N1CCN(CC(F)(F)F)C(C)C1.Cl. The Morgan fingerprint density at radius 2 is 2.00 bits per heavy atom. The third-order valence-electron chi connectivity index (χ3n) is 3.00. The lowest BCUT2D eigenvalue weighted by Gasteiger charge is -2.40. The van der Waals surface area contributed by atoms with E-state index in [1.54, 1.807) is 18.7 Å². The zero-order valence-corrected chi connectivity index (χ0v) is 11.9. The molecule has 0 radical (unpaired) electrons. The topological polar surface area (TPSA) is 49.6 Å². The minimum Gasteiger partial charge on any atom is -0.340 e. The van der Waals surface area contributed by atoms with Gasteiger partial charge in [0.25, 0.3) is 0 Å². The Labute approximate surface area is 117 Å². The maximum atomic E-state index is 12.3. The minimum atomic E-state index is -4.19. The molecule has 2 atom stereocenters. The third kappa shape index (κ3) is 6.44. The molecule has 0 aromatic carbocycles. The van der Waals surface area contributed by atoms with Crippen molar-refractivity contribution >= 4 is 18.3 Å². The highest BCUT2D eigenvalue weighted by Gasteiger charge is 2.35. The molecule has 1 rings (SSSR count). The van der Waals surface area contributed by atoms with E-state index in [4.69, 9.17) is 5.73 Å². The van der Waals surface area contributed by atoms with Crippen molar-refractivity contribution < 1.29 is 18.0 Å². The van der Waals surface area contributed by atoms with Crippen LogP contribution in [0.15, 0.2) is 0 Å². The van der Waals surface area contributed by atoms with Crippen LogP contribution in [0, 0.1) is 0 Å². The van der Waals surface area contributed by atoms with Crippen molar-refractivity contribution in [1.82, 2.24) is 9.80 Å². The molecule has 2 unspecified atom stereocenters. The van der Waals surface area contributed by atoms with Crippen molar-refractivity contribution in [2.45, 2.75) is 38.5 Å². The number of hydrogen-bond acceptors (Lipinski definition) is 3. The molecule has 1 aliphatic rings. The van der Waals surface area contributed by atoms with Crippen molar-refractivity contribution in [3.8, 4) is 0 Å². The number of amides is 1. The van der Waals surface area contributed by atoms with Crippen LogP contribution in [0.1, 0.15) is 20.3 Å². The zero-order chi connectivity index (χ0) is 13.9. The summed E-state index contributed by atoms with van der Waals surface area (Å²) >= 11 is 0. The molecule has 0 bridgehead atoms. The third-order valence-corrected chi connectivity index (χ3v) is 3.00. The first-order valence-electron chi connectivity index (χ1n) is 6.03. The molecule has 1 fully saturated rings. The summed E-state index contributed by atoms with van der Waals surface area (Å²) in [7, 11) is 0. The van der Waals surface area contributed by atoms with Gasteiger partial charge in [-0.3, -0.25) is 9.69 Å². The van der Waals surface area contributed by atoms with Crippen LogP contribution in [0.3, 0.4) is 0 Å². The van der Waals surface area contributed by atoms with Gasteiger partial charge in [-0.15, -0.1) is 12.4 Å². The van der Waals surface area contributed by atoms with Gasteiger partial charge >= 0.3 is 6.18 Å². The second-order valence-corrected chi connectivity index (χ2v) is 4.96. The Hall–Kier alpha value is -0.530. The highest BCUT2D eigenvalue weighted by Crippen LogP contribution is 2.20. The van der Waals surface area contributed by atoms with Gasteiger partial charge in [-0.25, -0.2) is 0 Å². The number of alkyl halides is 3. The zero-order valence-electron chi connectivity index (χ0n) is 11.1. The standard InChI is InChI=1S/C11H20F3N3O.ClH/c1-8(15)5-10(18)16-3-4-17(9(2)6-16)7-11(12,13)14;/h8-9H,3-7,15H2,1-2H3;1H. The molecular weight excluding hydrogens is 283 g/mol. The highest BCUT2D eigenvalue weighted by atomic mass is 35.5. The molecule has 4 nitrogen and oxygen atoms in total. The van der Waals surface area contributed by atoms with Crippen molar-refractivity contribution in [2.75, 3.05) is 26.2 Å². The van der Waals surface area contributed by atoms with E-state index in [0.29, 0.717) is 13.1 Å². The number of piperazine rings is 1. The van der Waals surface area contributed by atoms with Crippen LogP contribution in [0.4, 0.5) is 13.2 Å². The van der Waals surface area contributed by atoms with E-state index in [1.807, 2.05) is 0 Å². The maximum Gasteiger partial charge on any atom is 0.401 e. The number of halogens is 4. The average Bonchev–Trinajstić information content (AvgIpc) is 2.18. The van der Waals surface area contributed by atoms with Gasteiger partial charge in [0.15, 0.2) is 0 Å². The Morgan fingerprint density at radius 3 is 2.42 bits per heavy atom. The average molecular weight is 304 g/mol. The van der Waals surface area contributed by atoms with Gasteiger partial charge in [-0.05, 0) is 13.8 Å². The van der Waals surface area contributed by atoms with Gasteiger partial charge in [0.05, 0.1) is 6.54 Å². The van der Waals surface area contributed by atoms with Gasteiger partial charge in [-0.2, -0.15) is 13.2 Å². The van der Waals surface area contributed by atoms with Crippen LogP contribution in [-0.4, -0.2) is 60.1 Å². The lowest BCUT2D eigenvalue weighted by Crippen LogP contribution is -2.56. The van der Waals surface area contributed by atoms with Gasteiger partial charge in [-0.1, -0.05) is 0 Å².